The Hall–Kier alpha value is -2.05. The summed E-state index contributed by atoms with van der Waals surface area (Å²) in [6.45, 7) is 5.09. The number of aromatic nitrogens is 2. The van der Waals surface area contributed by atoms with Crippen LogP contribution in [0.1, 0.15) is 13.8 Å². The van der Waals surface area contributed by atoms with E-state index in [0.717, 1.165) is 22.7 Å². The lowest BCUT2D eigenvalue weighted by atomic mass is 10.2. The number of carbonyl (C=O) groups is 1. The van der Waals surface area contributed by atoms with E-state index in [0.29, 0.717) is 10.9 Å². The molecular weight excluding hydrogens is 373 g/mol. The molecule has 0 bridgehead atoms. The lowest BCUT2D eigenvalue weighted by molar-refractivity contribution is -0.113. The average molecular weight is 392 g/mol. The number of hydrogen-bond donors (Lipinski definition) is 1. The Kier molecular flexibility index (Phi) is 5.84. The maximum atomic E-state index is 13.7. The molecule has 0 aliphatic heterocycles. The van der Waals surface area contributed by atoms with Crippen molar-refractivity contribution < 1.29 is 9.18 Å². The summed E-state index contributed by atoms with van der Waals surface area (Å²) in [7, 11) is 0. The van der Waals surface area contributed by atoms with Crippen LogP contribution in [0.15, 0.2) is 47.6 Å². The number of imidazole rings is 1. The van der Waals surface area contributed by atoms with Gasteiger partial charge in [-0.1, -0.05) is 49.3 Å². The maximum Gasteiger partial charge on any atom is 0.234 e. The van der Waals surface area contributed by atoms with E-state index in [1.807, 2.05) is 24.3 Å². The van der Waals surface area contributed by atoms with Gasteiger partial charge < -0.3 is 9.88 Å². The van der Waals surface area contributed by atoms with Gasteiger partial charge in [-0.15, -0.1) is 0 Å². The van der Waals surface area contributed by atoms with E-state index in [2.05, 4.69) is 28.7 Å². The van der Waals surface area contributed by atoms with E-state index in [1.54, 1.807) is 0 Å². The number of amides is 1. The highest BCUT2D eigenvalue weighted by molar-refractivity contribution is 7.99. The third-order valence-electron chi connectivity index (χ3n) is 3.70. The molecule has 0 aliphatic rings. The van der Waals surface area contributed by atoms with Gasteiger partial charge in [0.25, 0.3) is 0 Å². The fourth-order valence-corrected chi connectivity index (χ4v) is 3.61. The normalized spacial score (nSPS) is 11.3. The summed E-state index contributed by atoms with van der Waals surface area (Å²) < 4.78 is 15.9. The SMILES string of the molecule is CC(C)Cn1c(SCC(=O)Nc2cc(Cl)ccc2F)nc2ccccc21. The molecule has 0 fully saturated rings. The molecule has 3 aromatic rings. The Morgan fingerprint density at radius 1 is 1.31 bits per heavy atom. The molecule has 2 aromatic carbocycles. The lowest BCUT2D eigenvalue weighted by Crippen LogP contribution is -2.16. The van der Waals surface area contributed by atoms with Crippen molar-refractivity contribution in [2.45, 2.75) is 25.5 Å². The largest absolute Gasteiger partial charge is 0.323 e. The number of nitrogens with zero attached hydrogens (tertiary/aromatic N) is 2. The lowest BCUT2D eigenvalue weighted by Gasteiger charge is -2.11. The highest BCUT2D eigenvalue weighted by Crippen LogP contribution is 2.26. The van der Waals surface area contributed by atoms with Gasteiger partial charge in [0.05, 0.1) is 22.5 Å². The number of thioether (sulfide) groups is 1. The summed E-state index contributed by atoms with van der Waals surface area (Å²) in [5.41, 5.74) is 2.03. The van der Waals surface area contributed by atoms with Gasteiger partial charge in [0.15, 0.2) is 5.16 Å². The minimum Gasteiger partial charge on any atom is -0.323 e. The monoisotopic (exact) mass is 391 g/mol. The van der Waals surface area contributed by atoms with Crippen LogP contribution in [0.2, 0.25) is 5.02 Å². The second-order valence-corrected chi connectivity index (χ2v) is 7.73. The van der Waals surface area contributed by atoms with Crippen molar-refractivity contribution >= 4 is 46.0 Å². The van der Waals surface area contributed by atoms with Gasteiger partial charge in [0.2, 0.25) is 5.91 Å². The van der Waals surface area contributed by atoms with Crippen LogP contribution in [0.5, 0.6) is 0 Å². The maximum absolute atomic E-state index is 13.7. The Bertz CT molecular complexity index is 942. The van der Waals surface area contributed by atoms with E-state index in [9.17, 15) is 9.18 Å². The number of rotatable bonds is 6. The van der Waals surface area contributed by atoms with E-state index in [4.69, 9.17) is 11.6 Å². The van der Waals surface area contributed by atoms with Crippen molar-refractivity contribution in [3.8, 4) is 0 Å². The number of fused-ring (bicyclic) bond motifs is 1. The van der Waals surface area contributed by atoms with Crippen molar-refractivity contribution in [2.75, 3.05) is 11.1 Å². The molecule has 0 unspecified atom stereocenters. The first-order valence-corrected chi connectivity index (χ1v) is 9.63. The summed E-state index contributed by atoms with van der Waals surface area (Å²) >= 11 is 7.19. The molecule has 136 valence electrons. The summed E-state index contributed by atoms with van der Waals surface area (Å²) in [5.74, 6) is -0.242. The molecular formula is C19H19ClFN3OS. The first kappa shape index (κ1) is 18.7. The zero-order chi connectivity index (χ0) is 18.7. The molecule has 0 saturated heterocycles. The summed E-state index contributed by atoms with van der Waals surface area (Å²) in [5, 5.41) is 3.71. The third-order valence-corrected chi connectivity index (χ3v) is 4.91. The van der Waals surface area contributed by atoms with Crippen LogP contribution in [0.25, 0.3) is 11.0 Å². The number of anilines is 1. The summed E-state index contributed by atoms with van der Waals surface area (Å²) in [6, 6.07) is 12.0. The van der Waals surface area contributed by atoms with Crippen LogP contribution < -0.4 is 5.32 Å². The number of hydrogen-bond acceptors (Lipinski definition) is 3. The van der Waals surface area contributed by atoms with Crippen molar-refractivity contribution in [2.24, 2.45) is 5.92 Å². The Labute approximate surface area is 160 Å². The van der Waals surface area contributed by atoms with Crippen LogP contribution in [-0.4, -0.2) is 21.2 Å². The van der Waals surface area contributed by atoms with Gasteiger partial charge in [-0.25, -0.2) is 9.37 Å². The van der Waals surface area contributed by atoms with Gasteiger partial charge in [-0.2, -0.15) is 0 Å². The van der Waals surface area contributed by atoms with Gasteiger partial charge in [-0.3, -0.25) is 4.79 Å². The minimum absolute atomic E-state index is 0.0822. The highest BCUT2D eigenvalue weighted by Gasteiger charge is 2.14. The molecule has 3 rings (SSSR count). The topological polar surface area (TPSA) is 46.9 Å². The van der Waals surface area contributed by atoms with Crippen LogP contribution in [-0.2, 0) is 11.3 Å². The molecule has 1 heterocycles. The van der Waals surface area contributed by atoms with Crippen molar-refractivity contribution in [1.29, 1.82) is 0 Å². The zero-order valence-corrected chi connectivity index (χ0v) is 16.1. The molecule has 1 N–H and O–H groups in total. The van der Waals surface area contributed by atoms with Gasteiger partial charge in [-0.05, 0) is 36.2 Å². The summed E-state index contributed by atoms with van der Waals surface area (Å²) in [6.07, 6.45) is 0. The van der Waals surface area contributed by atoms with E-state index < -0.39 is 5.82 Å². The molecule has 1 amide bonds. The fourth-order valence-electron chi connectivity index (χ4n) is 2.61. The predicted octanol–water partition coefficient (Wildman–Crippen LogP) is 5.22. The van der Waals surface area contributed by atoms with E-state index in [-0.39, 0.29) is 17.3 Å². The van der Waals surface area contributed by atoms with Gasteiger partial charge in [0, 0.05) is 11.6 Å². The van der Waals surface area contributed by atoms with Crippen LogP contribution >= 0.6 is 23.4 Å². The standard InChI is InChI=1S/C19H19ClFN3OS/c1-12(2)10-24-17-6-4-3-5-15(17)23-19(24)26-11-18(25)22-16-9-13(20)7-8-14(16)21/h3-9,12H,10-11H2,1-2H3,(H,22,25). The van der Waals surface area contributed by atoms with Crippen LogP contribution in [0, 0.1) is 11.7 Å². The van der Waals surface area contributed by atoms with Gasteiger partial charge in [0.1, 0.15) is 5.82 Å². The molecule has 0 aliphatic carbocycles. The first-order valence-electron chi connectivity index (χ1n) is 8.27. The molecule has 1 aromatic heterocycles. The van der Waals surface area contributed by atoms with Crippen LogP contribution in [0.3, 0.4) is 0 Å². The third kappa shape index (κ3) is 4.37. The highest BCUT2D eigenvalue weighted by atomic mass is 35.5. The average Bonchev–Trinajstić information content (AvgIpc) is 2.93. The van der Waals surface area contributed by atoms with Crippen molar-refractivity contribution in [3.63, 3.8) is 0 Å². The first-order chi connectivity index (χ1) is 12.4. The Morgan fingerprint density at radius 2 is 2.08 bits per heavy atom. The van der Waals surface area contributed by atoms with E-state index in [1.165, 1.54) is 30.0 Å². The predicted molar refractivity (Wildman–Crippen MR) is 105 cm³/mol. The number of nitrogens with one attached hydrogen (secondary N) is 1. The Balaban J connectivity index is 1.74. The zero-order valence-electron chi connectivity index (χ0n) is 14.5. The van der Waals surface area contributed by atoms with Gasteiger partial charge >= 0.3 is 0 Å². The van der Waals surface area contributed by atoms with Crippen LogP contribution in [0.4, 0.5) is 10.1 Å². The quantitative estimate of drug-likeness (QED) is 0.586. The van der Waals surface area contributed by atoms with Crippen molar-refractivity contribution in [3.05, 3.63) is 53.3 Å². The smallest absolute Gasteiger partial charge is 0.234 e. The second-order valence-electron chi connectivity index (χ2n) is 6.35. The molecule has 0 radical (unpaired) electrons. The molecule has 0 spiro atoms. The molecule has 4 nitrogen and oxygen atoms in total. The minimum atomic E-state index is -0.514. The van der Waals surface area contributed by atoms with E-state index >= 15 is 0 Å². The Morgan fingerprint density at radius 3 is 2.85 bits per heavy atom. The fraction of sp³-hybridized carbons (Fsp3) is 0.263. The van der Waals surface area contributed by atoms with Crippen molar-refractivity contribution in [1.82, 2.24) is 9.55 Å². The second kappa shape index (κ2) is 8.10. The number of halogens is 2. The molecule has 0 saturated carbocycles. The number of carbonyl (C=O) groups excluding carboxylic acids is 1. The molecule has 0 atom stereocenters. The number of benzene rings is 2. The molecule has 26 heavy (non-hydrogen) atoms. The molecule has 7 heteroatoms. The number of para-hydroxylation sites is 2. The summed E-state index contributed by atoms with van der Waals surface area (Å²) in [4.78, 5) is 16.8.